The molecule has 0 saturated heterocycles. The smallest absolute Gasteiger partial charge is 0.137 e. The summed E-state index contributed by atoms with van der Waals surface area (Å²) in [6.07, 6.45) is 0.649. The predicted octanol–water partition coefficient (Wildman–Crippen LogP) is 2.72. The fourth-order valence-corrected chi connectivity index (χ4v) is 2.30. The lowest BCUT2D eigenvalue weighted by Gasteiger charge is -2.35. The van der Waals surface area contributed by atoms with Gasteiger partial charge in [0.05, 0.1) is 11.1 Å². The van der Waals surface area contributed by atoms with Crippen LogP contribution in [0.25, 0.3) is 0 Å². The zero-order valence-electron chi connectivity index (χ0n) is 10.2. The van der Waals surface area contributed by atoms with Crippen LogP contribution >= 0.6 is 15.9 Å². The Bertz CT molecular complexity index is 378. The summed E-state index contributed by atoms with van der Waals surface area (Å²) in [5, 5.41) is 9.57. The minimum absolute atomic E-state index is 0.0379. The first-order valence-electron chi connectivity index (χ1n) is 5.70. The van der Waals surface area contributed by atoms with Crippen LogP contribution in [0.2, 0.25) is 0 Å². The number of nitrogens with two attached hydrogens (primary N) is 1. The van der Waals surface area contributed by atoms with Gasteiger partial charge in [-0.2, -0.15) is 0 Å². The number of aliphatic hydroxyl groups excluding tert-OH is 1. The Hall–Kier alpha value is -0.450. The lowest BCUT2D eigenvalue weighted by Crippen LogP contribution is -2.41. The van der Waals surface area contributed by atoms with Crippen LogP contribution in [0.4, 0.5) is 4.39 Å². The van der Waals surface area contributed by atoms with Crippen molar-refractivity contribution in [2.75, 3.05) is 13.2 Å². The summed E-state index contributed by atoms with van der Waals surface area (Å²) >= 11 is 3.17. The van der Waals surface area contributed by atoms with Gasteiger partial charge in [-0.25, -0.2) is 4.39 Å². The van der Waals surface area contributed by atoms with Crippen LogP contribution in [-0.4, -0.2) is 18.3 Å². The van der Waals surface area contributed by atoms with Crippen molar-refractivity contribution in [1.82, 2.24) is 0 Å². The van der Waals surface area contributed by atoms with Gasteiger partial charge >= 0.3 is 0 Å². The van der Waals surface area contributed by atoms with Crippen molar-refractivity contribution in [3.8, 4) is 0 Å². The normalized spacial score (nSPS) is 15.0. The first-order valence-corrected chi connectivity index (χ1v) is 6.49. The largest absolute Gasteiger partial charge is 0.396 e. The number of hydrogen-bond donors (Lipinski definition) is 2. The van der Waals surface area contributed by atoms with Crippen molar-refractivity contribution in [2.24, 2.45) is 17.1 Å². The molecule has 96 valence electrons. The zero-order chi connectivity index (χ0) is 13.1. The molecule has 0 aliphatic rings. The highest BCUT2D eigenvalue weighted by molar-refractivity contribution is 9.10. The summed E-state index contributed by atoms with van der Waals surface area (Å²) in [4.78, 5) is 0. The molecule has 1 unspecified atom stereocenters. The maximum Gasteiger partial charge on any atom is 0.137 e. The first-order chi connectivity index (χ1) is 7.95. The van der Waals surface area contributed by atoms with Crippen LogP contribution in [0.5, 0.6) is 0 Å². The molecule has 0 aliphatic heterocycles. The van der Waals surface area contributed by atoms with Gasteiger partial charge in [0, 0.05) is 12.0 Å². The van der Waals surface area contributed by atoms with Crippen molar-refractivity contribution in [2.45, 2.75) is 20.3 Å². The lowest BCUT2D eigenvalue weighted by molar-refractivity contribution is 0.0842. The first kappa shape index (κ1) is 14.6. The van der Waals surface area contributed by atoms with Gasteiger partial charge in [0.2, 0.25) is 0 Å². The van der Waals surface area contributed by atoms with E-state index >= 15 is 0 Å². The van der Waals surface area contributed by atoms with E-state index in [0.29, 0.717) is 17.4 Å². The third-order valence-corrected chi connectivity index (χ3v) is 4.09. The monoisotopic (exact) mass is 303 g/mol. The molecule has 0 aromatic heterocycles. The fraction of sp³-hybridized carbons (Fsp3) is 0.538. The van der Waals surface area contributed by atoms with Crippen molar-refractivity contribution < 1.29 is 9.50 Å². The highest BCUT2D eigenvalue weighted by Crippen LogP contribution is 2.31. The third-order valence-electron chi connectivity index (χ3n) is 3.49. The minimum Gasteiger partial charge on any atom is -0.396 e. The van der Waals surface area contributed by atoms with Crippen LogP contribution in [0.1, 0.15) is 19.4 Å². The molecule has 0 heterocycles. The van der Waals surface area contributed by atoms with Crippen LogP contribution in [0, 0.1) is 17.2 Å². The van der Waals surface area contributed by atoms with Gasteiger partial charge in [-0.1, -0.05) is 19.9 Å². The number of halogens is 2. The molecule has 0 bridgehead atoms. The van der Waals surface area contributed by atoms with Crippen molar-refractivity contribution in [3.63, 3.8) is 0 Å². The van der Waals surface area contributed by atoms with E-state index < -0.39 is 0 Å². The molecule has 1 aromatic carbocycles. The van der Waals surface area contributed by atoms with E-state index in [1.54, 1.807) is 12.1 Å². The van der Waals surface area contributed by atoms with Crippen LogP contribution in [0.3, 0.4) is 0 Å². The zero-order valence-corrected chi connectivity index (χ0v) is 11.8. The van der Waals surface area contributed by atoms with E-state index in [2.05, 4.69) is 15.9 Å². The van der Waals surface area contributed by atoms with Gasteiger partial charge in [-0.15, -0.1) is 0 Å². The molecule has 1 aromatic rings. The second-order valence-corrected chi connectivity index (χ2v) is 5.66. The second kappa shape index (κ2) is 5.94. The van der Waals surface area contributed by atoms with Gasteiger partial charge in [0.15, 0.2) is 0 Å². The number of benzene rings is 1. The Labute approximate surface area is 110 Å². The molecular formula is C13H19BrFNO. The molecule has 0 aliphatic carbocycles. The van der Waals surface area contributed by atoms with Gasteiger partial charge < -0.3 is 10.8 Å². The molecule has 17 heavy (non-hydrogen) atoms. The van der Waals surface area contributed by atoms with Crippen LogP contribution in [-0.2, 0) is 6.42 Å². The summed E-state index contributed by atoms with van der Waals surface area (Å²) in [7, 11) is 0. The Morgan fingerprint density at radius 2 is 2.12 bits per heavy atom. The van der Waals surface area contributed by atoms with Gasteiger partial charge in [-0.3, -0.25) is 0 Å². The molecule has 0 amide bonds. The minimum atomic E-state index is -0.336. The van der Waals surface area contributed by atoms with E-state index in [1.165, 1.54) is 6.07 Å². The molecule has 0 radical (unpaired) electrons. The number of hydrogen-bond acceptors (Lipinski definition) is 2. The molecule has 0 saturated carbocycles. The Kier molecular flexibility index (Phi) is 5.10. The lowest BCUT2D eigenvalue weighted by atomic mass is 9.73. The average Bonchev–Trinajstić information content (AvgIpc) is 2.30. The second-order valence-electron chi connectivity index (χ2n) is 4.80. The summed E-state index contributed by atoms with van der Waals surface area (Å²) in [5.74, 6) is -0.0121. The molecule has 0 spiro atoms. The predicted molar refractivity (Wildman–Crippen MR) is 71.2 cm³/mol. The summed E-state index contributed by atoms with van der Waals surface area (Å²) in [6.45, 7) is 4.54. The molecule has 1 atom stereocenters. The molecular weight excluding hydrogens is 285 g/mol. The quantitative estimate of drug-likeness (QED) is 0.878. The van der Waals surface area contributed by atoms with Crippen molar-refractivity contribution in [3.05, 3.63) is 34.1 Å². The van der Waals surface area contributed by atoms with E-state index in [1.807, 2.05) is 13.8 Å². The van der Waals surface area contributed by atoms with Crippen LogP contribution < -0.4 is 5.73 Å². The number of aliphatic hydroxyl groups is 1. The standard InChI is InChI=1S/C13H19BrFNO/c1-9(2)13(7-16,8-17)6-10-3-4-12(15)11(14)5-10/h3-5,9,17H,6-8,16H2,1-2H3. The van der Waals surface area contributed by atoms with E-state index in [-0.39, 0.29) is 23.8 Å². The molecule has 1 rings (SSSR count). The van der Waals surface area contributed by atoms with Gasteiger partial charge in [0.25, 0.3) is 0 Å². The molecule has 0 fully saturated rings. The van der Waals surface area contributed by atoms with E-state index in [4.69, 9.17) is 5.73 Å². The van der Waals surface area contributed by atoms with E-state index in [0.717, 1.165) is 5.56 Å². The molecule has 2 nitrogen and oxygen atoms in total. The molecule has 4 heteroatoms. The highest BCUT2D eigenvalue weighted by Gasteiger charge is 2.32. The van der Waals surface area contributed by atoms with E-state index in [9.17, 15) is 9.50 Å². The Balaban J connectivity index is 2.97. The maximum absolute atomic E-state index is 13.1. The third kappa shape index (κ3) is 3.27. The Morgan fingerprint density at radius 1 is 1.47 bits per heavy atom. The SMILES string of the molecule is CC(C)C(CN)(CO)Cc1ccc(F)c(Br)c1. The average molecular weight is 304 g/mol. The number of rotatable bonds is 5. The summed E-state index contributed by atoms with van der Waals surface area (Å²) in [5.41, 5.74) is 6.43. The summed E-state index contributed by atoms with van der Waals surface area (Å²) in [6, 6.07) is 4.92. The van der Waals surface area contributed by atoms with Crippen LogP contribution in [0.15, 0.2) is 22.7 Å². The molecule has 3 N–H and O–H groups in total. The topological polar surface area (TPSA) is 46.2 Å². The Morgan fingerprint density at radius 3 is 2.53 bits per heavy atom. The van der Waals surface area contributed by atoms with Crippen molar-refractivity contribution in [1.29, 1.82) is 0 Å². The maximum atomic E-state index is 13.1. The highest BCUT2D eigenvalue weighted by atomic mass is 79.9. The van der Waals surface area contributed by atoms with Crippen molar-refractivity contribution >= 4 is 15.9 Å². The fourth-order valence-electron chi connectivity index (χ4n) is 1.87. The summed E-state index contributed by atoms with van der Waals surface area (Å²) < 4.78 is 13.6. The van der Waals surface area contributed by atoms with Gasteiger partial charge in [0.1, 0.15) is 5.82 Å². The van der Waals surface area contributed by atoms with Gasteiger partial charge in [-0.05, 0) is 46.0 Å².